The SMILES string of the molecule is CN(C)C1CCC(OC(=O)C[C@@H]2C[C@@H](COc3ccc(-c4ccc(C(=N)N)cc4)cc3)NC2=O)CC1. The summed E-state index contributed by atoms with van der Waals surface area (Å²) < 4.78 is 11.6. The maximum absolute atomic E-state index is 12.5. The Labute approximate surface area is 212 Å². The largest absolute Gasteiger partial charge is 0.491 e. The number of nitrogens with two attached hydrogens (primary N) is 1. The van der Waals surface area contributed by atoms with Gasteiger partial charge in [0.1, 0.15) is 24.3 Å². The van der Waals surface area contributed by atoms with Crippen LogP contribution < -0.4 is 15.8 Å². The predicted molar refractivity (Wildman–Crippen MR) is 139 cm³/mol. The van der Waals surface area contributed by atoms with Gasteiger partial charge in [0, 0.05) is 11.6 Å². The lowest BCUT2D eigenvalue weighted by Crippen LogP contribution is -2.35. The molecular formula is C28H36N4O4. The van der Waals surface area contributed by atoms with Gasteiger partial charge in [0.05, 0.1) is 18.4 Å². The quantitative estimate of drug-likeness (QED) is 0.281. The number of nitrogens with zero attached hydrogens (tertiary/aromatic N) is 1. The van der Waals surface area contributed by atoms with Crippen LogP contribution in [0.5, 0.6) is 5.75 Å². The van der Waals surface area contributed by atoms with Gasteiger partial charge in [-0.1, -0.05) is 36.4 Å². The van der Waals surface area contributed by atoms with Crippen molar-refractivity contribution in [1.82, 2.24) is 10.2 Å². The molecule has 4 N–H and O–H groups in total. The van der Waals surface area contributed by atoms with Gasteiger partial charge in [0.25, 0.3) is 0 Å². The minimum Gasteiger partial charge on any atom is -0.491 e. The molecule has 2 atom stereocenters. The summed E-state index contributed by atoms with van der Waals surface area (Å²) >= 11 is 0. The lowest BCUT2D eigenvalue weighted by Gasteiger charge is -2.32. The maximum atomic E-state index is 12.5. The fourth-order valence-corrected chi connectivity index (χ4v) is 5.01. The van der Waals surface area contributed by atoms with Gasteiger partial charge in [0.15, 0.2) is 0 Å². The number of carbonyl (C=O) groups excluding carboxylic acids is 2. The summed E-state index contributed by atoms with van der Waals surface area (Å²) in [5, 5.41) is 10.4. The molecule has 2 aromatic rings. The van der Waals surface area contributed by atoms with E-state index in [2.05, 4.69) is 24.3 Å². The number of benzene rings is 2. The first-order valence-corrected chi connectivity index (χ1v) is 12.6. The first-order chi connectivity index (χ1) is 17.3. The van der Waals surface area contributed by atoms with Crippen molar-refractivity contribution >= 4 is 17.7 Å². The van der Waals surface area contributed by atoms with E-state index in [9.17, 15) is 9.59 Å². The molecule has 0 spiro atoms. The van der Waals surface area contributed by atoms with Crippen molar-refractivity contribution in [2.24, 2.45) is 11.7 Å². The molecule has 1 amide bonds. The number of nitrogen functional groups attached to an aromatic ring is 1. The molecule has 36 heavy (non-hydrogen) atoms. The molecule has 1 aliphatic carbocycles. The number of amides is 1. The monoisotopic (exact) mass is 492 g/mol. The molecule has 0 radical (unpaired) electrons. The van der Waals surface area contributed by atoms with Crippen LogP contribution in [0.4, 0.5) is 0 Å². The van der Waals surface area contributed by atoms with Gasteiger partial charge in [-0.05, 0) is 69.5 Å². The van der Waals surface area contributed by atoms with E-state index < -0.39 is 0 Å². The molecule has 8 heteroatoms. The second kappa shape index (κ2) is 11.6. The summed E-state index contributed by atoms with van der Waals surface area (Å²) in [5.74, 6) is -0.00164. The van der Waals surface area contributed by atoms with Crippen molar-refractivity contribution in [3.05, 3.63) is 54.1 Å². The third-order valence-electron chi connectivity index (χ3n) is 7.21. The number of ether oxygens (including phenoxy) is 2. The smallest absolute Gasteiger partial charge is 0.306 e. The lowest BCUT2D eigenvalue weighted by atomic mass is 9.92. The Hall–Kier alpha value is -3.39. The molecule has 1 heterocycles. The summed E-state index contributed by atoms with van der Waals surface area (Å²) in [7, 11) is 4.17. The molecule has 1 aliphatic heterocycles. The zero-order valence-corrected chi connectivity index (χ0v) is 21.0. The van der Waals surface area contributed by atoms with Crippen molar-refractivity contribution in [3.63, 3.8) is 0 Å². The molecule has 2 aliphatic rings. The third-order valence-corrected chi connectivity index (χ3v) is 7.21. The number of hydrogen-bond donors (Lipinski definition) is 3. The Morgan fingerprint density at radius 3 is 2.22 bits per heavy atom. The van der Waals surface area contributed by atoms with E-state index in [4.69, 9.17) is 20.6 Å². The second-order valence-electron chi connectivity index (χ2n) is 10.1. The van der Waals surface area contributed by atoms with E-state index in [1.54, 1.807) is 0 Å². The minimum absolute atomic E-state index is 0.0349. The van der Waals surface area contributed by atoms with E-state index >= 15 is 0 Å². The van der Waals surface area contributed by atoms with E-state index in [1.807, 2.05) is 48.5 Å². The van der Waals surface area contributed by atoms with Crippen LogP contribution in [-0.2, 0) is 14.3 Å². The van der Waals surface area contributed by atoms with E-state index in [1.165, 1.54) is 0 Å². The molecular weight excluding hydrogens is 456 g/mol. The topological polar surface area (TPSA) is 118 Å². The molecule has 0 aromatic heterocycles. The van der Waals surface area contributed by atoms with Crippen molar-refractivity contribution in [2.45, 2.75) is 56.7 Å². The average Bonchev–Trinajstić information content (AvgIpc) is 3.22. The van der Waals surface area contributed by atoms with Crippen LogP contribution >= 0.6 is 0 Å². The first kappa shape index (κ1) is 25.7. The van der Waals surface area contributed by atoms with Crippen molar-refractivity contribution in [2.75, 3.05) is 20.7 Å². The van der Waals surface area contributed by atoms with Gasteiger partial charge < -0.3 is 25.4 Å². The van der Waals surface area contributed by atoms with Gasteiger partial charge in [-0.15, -0.1) is 0 Å². The second-order valence-corrected chi connectivity index (χ2v) is 10.1. The number of nitrogens with one attached hydrogen (secondary N) is 2. The molecule has 2 aromatic carbocycles. The Morgan fingerprint density at radius 1 is 1.03 bits per heavy atom. The number of esters is 1. The number of hydrogen-bond acceptors (Lipinski definition) is 6. The molecule has 1 saturated carbocycles. The Balaban J connectivity index is 1.21. The molecule has 192 valence electrons. The van der Waals surface area contributed by atoms with Crippen LogP contribution in [0, 0.1) is 11.3 Å². The van der Waals surface area contributed by atoms with E-state index in [0.717, 1.165) is 36.8 Å². The summed E-state index contributed by atoms with van der Waals surface area (Å²) in [4.78, 5) is 27.1. The fraction of sp³-hybridized carbons (Fsp3) is 0.464. The highest BCUT2D eigenvalue weighted by Crippen LogP contribution is 2.27. The highest BCUT2D eigenvalue weighted by molar-refractivity contribution is 5.95. The molecule has 4 rings (SSSR count). The highest BCUT2D eigenvalue weighted by Gasteiger charge is 2.35. The molecule has 0 bridgehead atoms. The van der Waals surface area contributed by atoms with Crippen molar-refractivity contribution < 1.29 is 19.1 Å². The van der Waals surface area contributed by atoms with Crippen LogP contribution in [0.3, 0.4) is 0 Å². The van der Waals surface area contributed by atoms with Crippen molar-refractivity contribution in [1.29, 1.82) is 5.41 Å². The van der Waals surface area contributed by atoms with E-state index in [-0.39, 0.29) is 42.2 Å². The Morgan fingerprint density at radius 2 is 1.64 bits per heavy atom. The van der Waals surface area contributed by atoms with Crippen LogP contribution in [0.15, 0.2) is 48.5 Å². The summed E-state index contributed by atoms with van der Waals surface area (Å²) in [5.41, 5.74) is 8.26. The standard InChI is InChI=1S/C28H36N4O4/c1-32(2)23-9-13-25(14-10-23)36-26(33)16-21-15-22(31-28(21)34)17-35-24-11-7-19(8-12-24)18-3-5-20(6-4-18)27(29)30/h3-8,11-12,21-23,25H,9-10,13-17H2,1-2H3,(H3,29,30)(H,31,34)/t21-,22-,23?,25?/m0/s1. The van der Waals surface area contributed by atoms with Gasteiger partial charge >= 0.3 is 5.97 Å². The van der Waals surface area contributed by atoms with E-state index in [0.29, 0.717) is 30.4 Å². The highest BCUT2D eigenvalue weighted by atomic mass is 16.5. The Kier molecular flexibility index (Phi) is 8.25. The average molecular weight is 493 g/mol. The molecule has 8 nitrogen and oxygen atoms in total. The van der Waals surface area contributed by atoms with Crippen LogP contribution in [0.2, 0.25) is 0 Å². The molecule has 0 unspecified atom stereocenters. The van der Waals surface area contributed by atoms with Gasteiger partial charge in [-0.2, -0.15) is 0 Å². The number of amidine groups is 1. The zero-order chi connectivity index (χ0) is 25.7. The fourth-order valence-electron chi connectivity index (χ4n) is 5.01. The van der Waals surface area contributed by atoms with Crippen LogP contribution in [0.1, 0.15) is 44.1 Å². The van der Waals surface area contributed by atoms with Crippen molar-refractivity contribution in [3.8, 4) is 16.9 Å². The predicted octanol–water partition coefficient (Wildman–Crippen LogP) is 3.33. The van der Waals surface area contributed by atoms with Crippen LogP contribution in [0.25, 0.3) is 11.1 Å². The first-order valence-electron chi connectivity index (χ1n) is 12.6. The van der Waals surface area contributed by atoms with Gasteiger partial charge in [0.2, 0.25) is 5.91 Å². The summed E-state index contributed by atoms with van der Waals surface area (Å²) in [6.07, 6.45) is 4.46. The number of rotatable bonds is 9. The Bertz CT molecular complexity index is 1060. The zero-order valence-electron chi connectivity index (χ0n) is 21.0. The summed E-state index contributed by atoms with van der Waals surface area (Å²) in [6.45, 7) is 0.346. The summed E-state index contributed by atoms with van der Waals surface area (Å²) in [6, 6.07) is 15.7. The van der Waals surface area contributed by atoms with Crippen LogP contribution in [-0.4, -0.2) is 61.5 Å². The third kappa shape index (κ3) is 6.63. The molecule has 1 saturated heterocycles. The normalized spacial score (nSPS) is 23.8. The lowest BCUT2D eigenvalue weighted by molar-refractivity contribution is -0.153. The maximum Gasteiger partial charge on any atom is 0.306 e. The van der Waals surface area contributed by atoms with Gasteiger partial charge in [-0.3, -0.25) is 15.0 Å². The number of carbonyl (C=O) groups is 2. The molecule has 2 fully saturated rings. The minimum atomic E-state index is -0.371. The van der Waals surface area contributed by atoms with Gasteiger partial charge in [-0.25, -0.2) is 0 Å².